The summed E-state index contributed by atoms with van der Waals surface area (Å²) >= 11 is 9.17. The maximum absolute atomic E-state index is 5.75. The van der Waals surface area contributed by atoms with Crippen LogP contribution >= 0.6 is 27.5 Å². The summed E-state index contributed by atoms with van der Waals surface area (Å²) in [5.41, 5.74) is 1.07. The normalized spacial score (nSPS) is 10.1. The van der Waals surface area contributed by atoms with Crippen LogP contribution in [0.5, 0.6) is 5.75 Å². The van der Waals surface area contributed by atoms with Gasteiger partial charge in [0, 0.05) is 10.4 Å². The largest absolute Gasteiger partial charge is 0.494 e. The van der Waals surface area contributed by atoms with Gasteiger partial charge < -0.3 is 4.74 Å². The number of alkyl halides is 1. The smallest absolute Gasteiger partial charge is 0.119 e. The summed E-state index contributed by atoms with van der Waals surface area (Å²) in [5.74, 6) is 1.39. The second-order valence-corrected chi connectivity index (χ2v) is 3.86. The van der Waals surface area contributed by atoms with Gasteiger partial charge in [0.25, 0.3) is 0 Å². The zero-order chi connectivity index (χ0) is 9.68. The summed E-state index contributed by atoms with van der Waals surface area (Å²) in [5, 5.41) is 0. The lowest BCUT2D eigenvalue weighted by Gasteiger charge is -2.06. The van der Waals surface area contributed by atoms with Crippen LogP contribution in [0.15, 0.2) is 22.7 Å². The minimum atomic E-state index is 0.504. The van der Waals surface area contributed by atoms with E-state index in [0.29, 0.717) is 5.88 Å². The molecule has 0 aliphatic carbocycles. The van der Waals surface area contributed by atoms with Crippen LogP contribution in [0, 0.1) is 0 Å². The Labute approximate surface area is 92.2 Å². The molecular formula is C10H12BrClO. The monoisotopic (exact) mass is 262 g/mol. The molecule has 0 radical (unpaired) electrons. The van der Waals surface area contributed by atoms with Crippen LogP contribution in [-0.4, -0.2) is 6.61 Å². The van der Waals surface area contributed by atoms with E-state index < -0.39 is 0 Å². The van der Waals surface area contributed by atoms with Gasteiger partial charge in [-0.05, 0) is 30.2 Å². The standard InChI is InChI=1S/C10H12BrClO/c1-2-5-13-9-3-4-10(11)8(6-9)7-12/h3-4,6H,2,5,7H2,1H3. The quantitative estimate of drug-likeness (QED) is 0.747. The maximum Gasteiger partial charge on any atom is 0.119 e. The summed E-state index contributed by atoms with van der Waals surface area (Å²) in [6.07, 6.45) is 1.02. The summed E-state index contributed by atoms with van der Waals surface area (Å²) in [6, 6.07) is 5.87. The van der Waals surface area contributed by atoms with Gasteiger partial charge in [0.15, 0.2) is 0 Å². The predicted octanol–water partition coefficient (Wildman–Crippen LogP) is 3.98. The fourth-order valence-electron chi connectivity index (χ4n) is 0.963. The number of benzene rings is 1. The number of ether oxygens (including phenoxy) is 1. The molecule has 1 aromatic rings. The number of halogens is 2. The Bertz CT molecular complexity index is 276. The summed E-state index contributed by atoms with van der Waals surface area (Å²) in [7, 11) is 0. The van der Waals surface area contributed by atoms with Crippen LogP contribution in [0.1, 0.15) is 18.9 Å². The van der Waals surface area contributed by atoms with E-state index in [1.165, 1.54) is 0 Å². The van der Waals surface area contributed by atoms with E-state index in [9.17, 15) is 0 Å². The molecule has 0 saturated carbocycles. The highest BCUT2D eigenvalue weighted by Crippen LogP contribution is 2.23. The topological polar surface area (TPSA) is 9.23 Å². The molecule has 0 aliphatic rings. The molecule has 1 nitrogen and oxygen atoms in total. The zero-order valence-electron chi connectivity index (χ0n) is 7.52. The van der Waals surface area contributed by atoms with E-state index in [-0.39, 0.29) is 0 Å². The highest BCUT2D eigenvalue weighted by molar-refractivity contribution is 9.10. The Balaban J connectivity index is 2.74. The number of hydrogen-bond acceptors (Lipinski definition) is 1. The van der Waals surface area contributed by atoms with Gasteiger partial charge in [0.05, 0.1) is 6.61 Å². The first-order valence-electron chi connectivity index (χ1n) is 4.25. The zero-order valence-corrected chi connectivity index (χ0v) is 9.86. The van der Waals surface area contributed by atoms with Crippen molar-refractivity contribution in [3.63, 3.8) is 0 Å². The van der Waals surface area contributed by atoms with Gasteiger partial charge in [-0.2, -0.15) is 0 Å². The first kappa shape index (κ1) is 10.9. The van der Waals surface area contributed by atoms with Crippen LogP contribution in [-0.2, 0) is 5.88 Å². The lowest BCUT2D eigenvalue weighted by Crippen LogP contribution is -1.95. The molecule has 0 N–H and O–H groups in total. The molecule has 0 amide bonds. The average molecular weight is 264 g/mol. The third-order valence-corrected chi connectivity index (χ3v) is 2.70. The fraction of sp³-hybridized carbons (Fsp3) is 0.400. The lowest BCUT2D eigenvalue weighted by atomic mass is 10.2. The molecule has 0 aliphatic heterocycles. The van der Waals surface area contributed by atoms with Crippen molar-refractivity contribution in [2.75, 3.05) is 6.61 Å². The third-order valence-electron chi connectivity index (χ3n) is 1.63. The predicted molar refractivity (Wildman–Crippen MR) is 59.5 cm³/mol. The lowest BCUT2D eigenvalue weighted by molar-refractivity contribution is 0.317. The van der Waals surface area contributed by atoms with Crippen molar-refractivity contribution in [1.29, 1.82) is 0 Å². The van der Waals surface area contributed by atoms with Gasteiger partial charge in [-0.3, -0.25) is 0 Å². The van der Waals surface area contributed by atoms with Crippen molar-refractivity contribution in [2.24, 2.45) is 0 Å². The van der Waals surface area contributed by atoms with E-state index in [1.807, 2.05) is 18.2 Å². The van der Waals surface area contributed by atoms with Crippen molar-refractivity contribution >= 4 is 27.5 Å². The second kappa shape index (κ2) is 5.51. The Morgan fingerprint density at radius 2 is 2.23 bits per heavy atom. The second-order valence-electron chi connectivity index (χ2n) is 2.74. The summed E-state index contributed by atoms with van der Waals surface area (Å²) in [4.78, 5) is 0. The minimum absolute atomic E-state index is 0.504. The Hall–Kier alpha value is -0.210. The Morgan fingerprint density at radius 3 is 2.85 bits per heavy atom. The van der Waals surface area contributed by atoms with E-state index in [0.717, 1.165) is 28.8 Å². The first-order valence-corrected chi connectivity index (χ1v) is 5.58. The number of hydrogen-bond donors (Lipinski definition) is 0. The van der Waals surface area contributed by atoms with Crippen molar-refractivity contribution in [1.82, 2.24) is 0 Å². The van der Waals surface area contributed by atoms with E-state index in [1.54, 1.807) is 0 Å². The molecular weight excluding hydrogens is 251 g/mol. The van der Waals surface area contributed by atoms with Crippen LogP contribution in [0.2, 0.25) is 0 Å². The molecule has 0 saturated heterocycles. The van der Waals surface area contributed by atoms with Crippen molar-refractivity contribution in [3.8, 4) is 5.75 Å². The van der Waals surface area contributed by atoms with Gasteiger partial charge >= 0.3 is 0 Å². The average Bonchev–Trinajstić information content (AvgIpc) is 2.16. The Morgan fingerprint density at radius 1 is 1.46 bits per heavy atom. The molecule has 1 aromatic carbocycles. The SMILES string of the molecule is CCCOc1ccc(Br)c(CCl)c1. The Kier molecular flexibility index (Phi) is 4.60. The van der Waals surface area contributed by atoms with Gasteiger partial charge in [0.2, 0.25) is 0 Å². The molecule has 0 heterocycles. The van der Waals surface area contributed by atoms with Crippen LogP contribution < -0.4 is 4.74 Å². The first-order chi connectivity index (χ1) is 6.27. The van der Waals surface area contributed by atoms with Crippen molar-refractivity contribution in [2.45, 2.75) is 19.2 Å². The van der Waals surface area contributed by atoms with Gasteiger partial charge in [-0.15, -0.1) is 11.6 Å². The highest BCUT2D eigenvalue weighted by Gasteiger charge is 2.00. The molecule has 13 heavy (non-hydrogen) atoms. The molecule has 0 unspecified atom stereocenters. The van der Waals surface area contributed by atoms with E-state index in [2.05, 4.69) is 22.9 Å². The van der Waals surface area contributed by atoms with Crippen molar-refractivity contribution in [3.05, 3.63) is 28.2 Å². The van der Waals surface area contributed by atoms with E-state index in [4.69, 9.17) is 16.3 Å². The third kappa shape index (κ3) is 3.20. The van der Waals surface area contributed by atoms with E-state index >= 15 is 0 Å². The minimum Gasteiger partial charge on any atom is -0.494 e. The summed E-state index contributed by atoms with van der Waals surface area (Å²) < 4.78 is 6.51. The molecule has 0 fully saturated rings. The molecule has 3 heteroatoms. The molecule has 0 aromatic heterocycles. The van der Waals surface area contributed by atoms with Crippen LogP contribution in [0.3, 0.4) is 0 Å². The van der Waals surface area contributed by atoms with Gasteiger partial charge in [-0.1, -0.05) is 22.9 Å². The van der Waals surface area contributed by atoms with Gasteiger partial charge in [-0.25, -0.2) is 0 Å². The molecule has 0 bridgehead atoms. The molecule has 0 atom stereocenters. The maximum atomic E-state index is 5.75. The number of rotatable bonds is 4. The highest BCUT2D eigenvalue weighted by atomic mass is 79.9. The van der Waals surface area contributed by atoms with Crippen LogP contribution in [0.25, 0.3) is 0 Å². The van der Waals surface area contributed by atoms with Crippen molar-refractivity contribution < 1.29 is 4.74 Å². The van der Waals surface area contributed by atoms with Gasteiger partial charge in [0.1, 0.15) is 5.75 Å². The fourth-order valence-corrected chi connectivity index (χ4v) is 1.73. The molecule has 72 valence electrons. The molecule has 1 rings (SSSR count). The summed E-state index contributed by atoms with van der Waals surface area (Å²) in [6.45, 7) is 2.84. The molecule has 0 spiro atoms. The van der Waals surface area contributed by atoms with Crippen LogP contribution in [0.4, 0.5) is 0 Å².